The average Bonchev–Trinajstić information content (AvgIpc) is 3.55. The number of phenols is 2. The minimum absolute atomic E-state index is 0. The van der Waals surface area contributed by atoms with E-state index in [9.17, 15) is 10.2 Å². The van der Waals surface area contributed by atoms with Gasteiger partial charge in [0, 0.05) is 72.0 Å². The quantitative estimate of drug-likeness (QED) is 0.237. The Hall–Kier alpha value is -2.96. The molecule has 2 N–H and O–H groups in total. The van der Waals surface area contributed by atoms with E-state index < -0.39 is 0 Å². The van der Waals surface area contributed by atoms with Gasteiger partial charge >= 0.3 is 0 Å². The molecule has 4 aromatic rings. The zero-order chi connectivity index (χ0) is 29.7. The van der Waals surface area contributed by atoms with Crippen LogP contribution in [-0.4, -0.2) is 58.3 Å². The fourth-order valence-electron chi connectivity index (χ4n) is 11.1. The van der Waals surface area contributed by atoms with Crippen LogP contribution in [0.5, 0.6) is 11.5 Å². The molecule has 6 heteroatoms. The van der Waals surface area contributed by atoms with E-state index in [0.717, 1.165) is 66.0 Å². The number of nitrogens with zero attached hydrogens (tertiary/aromatic N) is 2. The van der Waals surface area contributed by atoms with Crippen LogP contribution in [0.4, 0.5) is 0 Å². The molecule has 10 unspecified atom stereocenters. The van der Waals surface area contributed by atoms with Crippen LogP contribution in [0.15, 0.2) is 45.2 Å². The molecule has 10 atom stereocenters. The summed E-state index contributed by atoms with van der Waals surface area (Å²) in [6.07, 6.45) is 10.0. The van der Waals surface area contributed by atoms with Crippen LogP contribution in [-0.2, 0) is 12.8 Å². The lowest BCUT2D eigenvalue weighted by Gasteiger charge is -2.52. The summed E-state index contributed by atoms with van der Waals surface area (Å²) in [5.74, 6) is 7.44. The molecule has 2 aromatic heterocycles. The van der Waals surface area contributed by atoms with Gasteiger partial charge in [-0.1, -0.05) is 46.2 Å². The number of rotatable bonds is 2. The summed E-state index contributed by atoms with van der Waals surface area (Å²) in [5.41, 5.74) is 4.38. The van der Waals surface area contributed by atoms with Crippen molar-refractivity contribution >= 4 is 21.9 Å². The molecule has 4 saturated heterocycles. The Morgan fingerprint density at radius 3 is 1.96 bits per heavy atom. The highest BCUT2D eigenvalue weighted by atomic mass is 16.4. The summed E-state index contributed by atoms with van der Waals surface area (Å²) in [7, 11) is 0. The molecule has 0 radical (unpaired) electrons. The third kappa shape index (κ3) is 4.49. The van der Waals surface area contributed by atoms with Crippen molar-refractivity contribution in [2.24, 2.45) is 23.7 Å². The molecule has 0 amide bonds. The number of aromatic hydroxyl groups is 2. The zero-order valence-corrected chi connectivity index (χ0v) is 26.2. The number of furan rings is 2. The van der Waals surface area contributed by atoms with Gasteiger partial charge in [-0.15, -0.1) is 0 Å². The monoisotopic (exact) mass is 610 g/mol. The average molecular weight is 611 g/mol. The highest BCUT2D eigenvalue weighted by Gasteiger charge is 2.51. The van der Waals surface area contributed by atoms with Gasteiger partial charge in [0.15, 0.2) is 11.3 Å². The zero-order valence-electron chi connectivity index (χ0n) is 26.2. The summed E-state index contributed by atoms with van der Waals surface area (Å²) in [6, 6.07) is 12.7. The Morgan fingerprint density at radius 1 is 0.733 bits per heavy atom. The van der Waals surface area contributed by atoms with Crippen LogP contribution in [0, 0.1) is 23.7 Å². The second-order valence-corrected chi connectivity index (χ2v) is 14.9. The van der Waals surface area contributed by atoms with Crippen LogP contribution in [0.25, 0.3) is 21.9 Å². The number of hydrogen-bond donors (Lipinski definition) is 2. The van der Waals surface area contributed by atoms with Gasteiger partial charge in [-0.05, 0) is 86.5 Å². The Kier molecular flexibility index (Phi) is 7.25. The van der Waals surface area contributed by atoms with Crippen molar-refractivity contribution in [2.75, 3.05) is 26.2 Å². The molecule has 2 aromatic carbocycles. The second kappa shape index (κ2) is 11.1. The number of piperidine rings is 4. The minimum Gasteiger partial charge on any atom is -0.508 e. The SMILES string of the molecule is C.CCC1CC2CC3c4oc5c(O)cccc5c4CCN(C2)C13.CCC1CC2CC3c4oc5ccc(O)cc5c4CCN(C2)C13. The molecule has 12 rings (SSSR count). The lowest BCUT2D eigenvalue weighted by molar-refractivity contribution is -0.0169. The first-order chi connectivity index (χ1) is 21.5. The molecule has 0 spiro atoms. The van der Waals surface area contributed by atoms with Gasteiger partial charge in [-0.25, -0.2) is 0 Å². The smallest absolute Gasteiger partial charge is 0.176 e. The van der Waals surface area contributed by atoms with E-state index in [-0.39, 0.29) is 13.2 Å². The van der Waals surface area contributed by atoms with Crippen LogP contribution in [0.3, 0.4) is 0 Å². The molecule has 45 heavy (non-hydrogen) atoms. The van der Waals surface area contributed by atoms with Crippen molar-refractivity contribution in [2.45, 2.75) is 96.6 Å². The van der Waals surface area contributed by atoms with Crippen molar-refractivity contribution in [3.8, 4) is 11.5 Å². The Bertz CT molecular complexity index is 1710. The van der Waals surface area contributed by atoms with Crippen molar-refractivity contribution in [3.05, 3.63) is 59.0 Å². The number of fused-ring (bicyclic) bond motifs is 8. The molecule has 2 aliphatic carbocycles. The van der Waals surface area contributed by atoms with Crippen LogP contribution in [0.1, 0.15) is 94.3 Å². The number of para-hydroxylation sites is 1. The minimum atomic E-state index is 0. The molecule has 240 valence electrons. The molecule has 8 heterocycles. The van der Waals surface area contributed by atoms with Gasteiger partial charge < -0.3 is 19.0 Å². The molecular weight excluding hydrogens is 560 g/mol. The molecule has 2 saturated carbocycles. The highest BCUT2D eigenvalue weighted by Crippen LogP contribution is 2.53. The summed E-state index contributed by atoms with van der Waals surface area (Å²) in [4.78, 5) is 5.47. The molecule has 8 bridgehead atoms. The lowest BCUT2D eigenvalue weighted by atomic mass is 9.65. The topological polar surface area (TPSA) is 73.2 Å². The van der Waals surface area contributed by atoms with E-state index in [1.165, 1.54) is 74.3 Å². The van der Waals surface area contributed by atoms with Gasteiger partial charge in [0.05, 0.1) is 0 Å². The predicted octanol–water partition coefficient (Wildman–Crippen LogP) is 8.43. The third-order valence-corrected chi connectivity index (χ3v) is 12.7. The number of benzene rings is 2. The summed E-state index contributed by atoms with van der Waals surface area (Å²) >= 11 is 0. The number of hydrogen-bond acceptors (Lipinski definition) is 6. The lowest BCUT2D eigenvalue weighted by Crippen LogP contribution is -2.56. The van der Waals surface area contributed by atoms with E-state index in [1.54, 1.807) is 12.1 Å². The first-order valence-corrected chi connectivity index (χ1v) is 17.5. The van der Waals surface area contributed by atoms with E-state index in [0.29, 0.717) is 35.3 Å². The fraction of sp³-hybridized carbons (Fsp3) is 0.590. The van der Waals surface area contributed by atoms with E-state index in [4.69, 9.17) is 8.83 Å². The maximum Gasteiger partial charge on any atom is 0.176 e. The molecule has 8 aliphatic rings. The maximum absolute atomic E-state index is 10.1. The Labute approximate surface area is 267 Å². The largest absolute Gasteiger partial charge is 0.508 e. The van der Waals surface area contributed by atoms with E-state index >= 15 is 0 Å². The maximum atomic E-state index is 10.1. The molecule has 6 fully saturated rings. The van der Waals surface area contributed by atoms with Crippen molar-refractivity contribution in [1.29, 1.82) is 0 Å². The van der Waals surface area contributed by atoms with Crippen molar-refractivity contribution in [3.63, 3.8) is 0 Å². The molecule has 6 aliphatic heterocycles. The highest BCUT2D eigenvalue weighted by molar-refractivity contribution is 5.87. The first-order valence-electron chi connectivity index (χ1n) is 17.5. The van der Waals surface area contributed by atoms with Crippen molar-refractivity contribution in [1.82, 2.24) is 9.80 Å². The molecular formula is C39H50N2O4. The number of phenolic OH excluding ortho intramolecular Hbond substituents is 2. The van der Waals surface area contributed by atoms with Crippen LogP contribution < -0.4 is 0 Å². The van der Waals surface area contributed by atoms with Crippen LogP contribution >= 0.6 is 0 Å². The Morgan fingerprint density at radius 2 is 1.33 bits per heavy atom. The summed E-state index contributed by atoms with van der Waals surface area (Å²) in [5, 5.41) is 22.2. The van der Waals surface area contributed by atoms with Gasteiger partial charge in [0.25, 0.3) is 0 Å². The standard InChI is InChI=1S/2C19H23NO2.CH4/c1-2-12-7-11-8-16-18(12)20(10-11)6-5-14-15-9-13(21)3-4-17(15)22-19(14)16;1-2-12-8-11-9-15-17(12)20(10-11)7-6-14-13-4-3-5-16(21)19(13)22-18(14)15;/h3-4,9,11-12,16,18,21H,2,5-8,10H2,1H3;3-5,11-12,15,17,21H,2,6-10H2,1H3;1H4. The normalized spacial score (nSPS) is 35.5. The van der Waals surface area contributed by atoms with Gasteiger partial charge in [-0.2, -0.15) is 0 Å². The van der Waals surface area contributed by atoms with Gasteiger partial charge in [0.2, 0.25) is 0 Å². The summed E-state index contributed by atoms with van der Waals surface area (Å²) < 4.78 is 12.6. The van der Waals surface area contributed by atoms with E-state index in [2.05, 4.69) is 29.7 Å². The van der Waals surface area contributed by atoms with E-state index in [1.807, 2.05) is 18.2 Å². The first kappa shape index (κ1) is 29.4. The Balaban J connectivity index is 0.000000131. The fourth-order valence-corrected chi connectivity index (χ4v) is 11.1. The second-order valence-electron chi connectivity index (χ2n) is 14.9. The summed E-state index contributed by atoms with van der Waals surface area (Å²) in [6.45, 7) is 9.53. The molecule has 6 nitrogen and oxygen atoms in total. The van der Waals surface area contributed by atoms with Gasteiger partial charge in [-0.3, -0.25) is 9.80 Å². The third-order valence-electron chi connectivity index (χ3n) is 12.7. The van der Waals surface area contributed by atoms with Crippen LogP contribution in [0.2, 0.25) is 0 Å². The van der Waals surface area contributed by atoms with Gasteiger partial charge in [0.1, 0.15) is 22.9 Å². The van der Waals surface area contributed by atoms with Crippen molar-refractivity contribution < 1.29 is 19.0 Å². The predicted molar refractivity (Wildman–Crippen MR) is 179 cm³/mol.